The maximum absolute atomic E-state index is 5.90. The highest BCUT2D eigenvalue weighted by atomic mass is 16.5. The third kappa shape index (κ3) is 2.56. The quantitative estimate of drug-likeness (QED) is 0.839. The van der Waals surface area contributed by atoms with Crippen molar-refractivity contribution in [1.82, 2.24) is 0 Å². The predicted octanol–water partition coefficient (Wildman–Crippen LogP) is 3.16. The summed E-state index contributed by atoms with van der Waals surface area (Å²) in [6, 6.07) is 13.5. The van der Waals surface area contributed by atoms with Gasteiger partial charge < -0.3 is 15.2 Å². The first-order valence-electron chi connectivity index (χ1n) is 5.82. The fourth-order valence-electron chi connectivity index (χ4n) is 1.84. The van der Waals surface area contributed by atoms with Crippen molar-refractivity contribution >= 4 is 5.69 Å². The van der Waals surface area contributed by atoms with Crippen LogP contribution in [0.5, 0.6) is 11.5 Å². The van der Waals surface area contributed by atoms with Crippen molar-refractivity contribution in [2.75, 3.05) is 12.8 Å². The van der Waals surface area contributed by atoms with Gasteiger partial charge in [-0.2, -0.15) is 0 Å². The maximum atomic E-state index is 5.90. The lowest BCUT2D eigenvalue weighted by Gasteiger charge is -2.13. The molecule has 0 aliphatic rings. The Kier molecular flexibility index (Phi) is 3.72. The minimum absolute atomic E-state index is 0.444. The zero-order chi connectivity index (χ0) is 13.0. The summed E-state index contributed by atoms with van der Waals surface area (Å²) in [6.45, 7) is 2.42. The summed E-state index contributed by atoms with van der Waals surface area (Å²) in [7, 11) is 1.65. The number of ether oxygens (including phenoxy) is 2. The van der Waals surface area contributed by atoms with Crippen LogP contribution in [-0.2, 0) is 6.61 Å². The molecular formula is C15H17NO2. The number of hydrogen-bond acceptors (Lipinski definition) is 3. The Morgan fingerprint density at radius 3 is 2.56 bits per heavy atom. The second-order valence-electron chi connectivity index (χ2n) is 4.09. The van der Waals surface area contributed by atoms with E-state index in [1.165, 1.54) is 0 Å². The Labute approximate surface area is 107 Å². The lowest BCUT2D eigenvalue weighted by Crippen LogP contribution is -2.02. The SMILES string of the molecule is COc1ccccc1COc1c(C)cccc1N. The molecule has 2 aromatic carbocycles. The van der Waals surface area contributed by atoms with Crippen molar-refractivity contribution in [3.8, 4) is 11.5 Å². The Morgan fingerprint density at radius 2 is 1.83 bits per heavy atom. The topological polar surface area (TPSA) is 44.5 Å². The van der Waals surface area contributed by atoms with Crippen LogP contribution < -0.4 is 15.2 Å². The van der Waals surface area contributed by atoms with E-state index in [1.807, 2.05) is 49.4 Å². The van der Waals surface area contributed by atoms with Gasteiger partial charge in [0.05, 0.1) is 12.8 Å². The Morgan fingerprint density at radius 1 is 1.06 bits per heavy atom. The lowest BCUT2D eigenvalue weighted by molar-refractivity contribution is 0.296. The van der Waals surface area contributed by atoms with Gasteiger partial charge in [0.15, 0.2) is 0 Å². The number of nitrogen functional groups attached to an aromatic ring is 1. The van der Waals surface area contributed by atoms with Gasteiger partial charge in [-0.15, -0.1) is 0 Å². The minimum Gasteiger partial charge on any atom is -0.496 e. The van der Waals surface area contributed by atoms with E-state index in [0.29, 0.717) is 12.3 Å². The number of nitrogens with two attached hydrogens (primary N) is 1. The summed E-state index contributed by atoms with van der Waals surface area (Å²) < 4.78 is 11.1. The van der Waals surface area contributed by atoms with Gasteiger partial charge in [0.25, 0.3) is 0 Å². The first-order chi connectivity index (χ1) is 8.72. The van der Waals surface area contributed by atoms with Crippen molar-refractivity contribution < 1.29 is 9.47 Å². The lowest BCUT2D eigenvalue weighted by atomic mass is 10.2. The first-order valence-corrected chi connectivity index (χ1v) is 5.82. The van der Waals surface area contributed by atoms with Gasteiger partial charge in [0.2, 0.25) is 0 Å². The van der Waals surface area contributed by atoms with Crippen molar-refractivity contribution in [3.63, 3.8) is 0 Å². The molecule has 2 rings (SSSR count). The molecule has 18 heavy (non-hydrogen) atoms. The van der Waals surface area contributed by atoms with Crippen LogP contribution in [0, 0.1) is 6.92 Å². The summed E-state index contributed by atoms with van der Waals surface area (Å²) in [5, 5.41) is 0. The molecule has 2 aromatic rings. The summed E-state index contributed by atoms with van der Waals surface area (Å²) in [5.74, 6) is 1.56. The van der Waals surface area contributed by atoms with Crippen LogP contribution in [0.3, 0.4) is 0 Å². The summed E-state index contributed by atoms with van der Waals surface area (Å²) in [4.78, 5) is 0. The average molecular weight is 243 g/mol. The minimum atomic E-state index is 0.444. The molecule has 0 unspecified atom stereocenters. The van der Waals surface area contributed by atoms with E-state index in [0.717, 1.165) is 22.6 Å². The molecule has 0 atom stereocenters. The van der Waals surface area contributed by atoms with Crippen LogP contribution in [0.25, 0.3) is 0 Å². The molecule has 0 heterocycles. The number of methoxy groups -OCH3 is 1. The largest absolute Gasteiger partial charge is 0.496 e. The van der Waals surface area contributed by atoms with Crippen molar-refractivity contribution in [2.45, 2.75) is 13.5 Å². The number of hydrogen-bond donors (Lipinski definition) is 1. The van der Waals surface area contributed by atoms with Gasteiger partial charge in [-0.3, -0.25) is 0 Å². The van der Waals surface area contributed by atoms with Crippen molar-refractivity contribution in [3.05, 3.63) is 53.6 Å². The van der Waals surface area contributed by atoms with E-state index in [-0.39, 0.29) is 0 Å². The molecule has 0 aliphatic heterocycles. The highest BCUT2D eigenvalue weighted by molar-refractivity contribution is 5.56. The molecule has 0 saturated heterocycles. The molecule has 0 radical (unpaired) electrons. The summed E-state index contributed by atoms with van der Waals surface area (Å²) in [6.07, 6.45) is 0. The van der Waals surface area contributed by atoms with Gasteiger partial charge in [-0.1, -0.05) is 30.3 Å². The Bertz CT molecular complexity index is 518. The molecule has 2 N–H and O–H groups in total. The third-order valence-corrected chi connectivity index (χ3v) is 2.81. The van der Waals surface area contributed by atoms with Crippen LogP contribution >= 0.6 is 0 Å². The average Bonchev–Trinajstić information content (AvgIpc) is 2.38. The molecular weight excluding hydrogens is 226 g/mol. The number of rotatable bonds is 4. The zero-order valence-corrected chi connectivity index (χ0v) is 10.6. The molecule has 0 amide bonds. The molecule has 0 saturated carbocycles. The molecule has 3 heteroatoms. The van der Waals surface area contributed by atoms with E-state index in [1.54, 1.807) is 7.11 Å². The predicted molar refractivity (Wildman–Crippen MR) is 72.9 cm³/mol. The van der Waals surface area contributed by atoms with E-state index in [4.69, 9.17) is 15.2 Å². The summed E-state index contributed by atoms with van der Waals surface area (Å²) in [5.41, 5.74) is 8.59. The number of benzene rings is 2. The highest BCUT2D eigenvalue weighted by Crippen LogP contribution is 2.27. The van der Waals surface area contributed by atoms with Gasteiger partial charge in [-0.25, -0.2) is 0 Å². The van der Waals surface area contributed by atoms with Crippen LogP contribution in [0.1, 0.15) is 11.1 Å². The number of aryl methyl sites for hydroxylation is 1. The van der Waals surface area contributed by atoms with Crippen molar-refractivity contribution in [2.24, 2.45) is 0 Å². The van der Waals surface area contributed by atoms with E-state index >= 15 is 0 Å². The van der Waals surface area contributed by atoms with Crippen molar-refractivity contribution in [1.29, 1.82) is 0 Å². The second kappa shape index (κ2) is 5.45. The second-order valence-corrected chi connectivity index (χ2v) is 4.09. The molecule has 94 valence electrons. The van der Waals surface area contributed by atoms with Gasteiger partial charge >= 0.3 is 0 Å². The van der Waals surface area contributed by atoms with Crippen LogP contribution in [0.2, 0.25) is 0 Å². The van der Waals surface area contributed by atoms with E-state index < -0.39 is 0 Å². The first kappa shape index (κ1) is 12.3. The summed E-state index contributed by atoms with van der Waals surface area (Å²) >= 11 is 0. The molecule has 0 bridgehead atoms. The number of anilines is 1. The number of para-hydroxylation sites is 2. The maximum Gasteiger partial charge on any atom is 0.145 e. The van der Waals surface area contributed by atoms with Crippen LogP contribution in [0.4, 0.5) is 5.69 Å². The molecule has 0 fully saturated rings. The highest BCUT2D eigenvalue weighted by Gasteiger charge is 2.06. The van der Waals surface area contributed by atoms with Gasteiger partial charge in [0, 0.05) is 5.56 Å². The zero-order valence-electron chi connectivity index (χ0n) is 10.6. The normalized spacial score (nSPS) is 10.1. The van der Waals surface area contributed by atoms with Gasteiger partial charge in [-0.05, 0) is 24.6 Å². The monoisotopic (exact) mass is 243 g/mol. The standard InChI is InChI=1S/C15H17NO2/c1-11-6-5-8-13(16)15(11)18-10-12-7-3-4-9-14(12)17-2/h3-9H,10,16H2,1-2H3. The molecule has 0 spiro atoms. The van der Waals surface area contributed by atoms with E-state index in [2.05, 4.69) is 0 Å². The fraction of sp³-hybridized carbons (Fsp3) is 0.200. The Balaban J connectivity index is 2.16. The molecule has 0 aromatic heterocycles. The third-order valence-electron chi connectivity index (χ3n) is 2.81. The Hall–Kier alpha value is -2.16. The molecule has 3 nitrogen and oxygen atoms in total. The molecule has 0 aliphatic carbocycles. The fourth-order valence-corrected chi connectivity index (χ4v) is 1.84. The van der Waals surface area contributed by atoms with E-state index in [9.17, 15) is 0 Å². The van der Waals surface area contributed by atoms with Gasteiger partial charge in [0.1, 0.15) is 18.1 Å². The van der Waals surface area contributed by atoms with Crippen LogP contribution in [-0.4, -0.2) is 7.11 Å². The smallest absolute Gasteiger partial charge is 0.145 e. The van der Waals surface area contributed by atoms with Crippen LogP contribution in [0.15, 0.2) is 42.5 Å².